The van der Waals surface area contributed by atoms with Gasteiger partial charge in [0.1, 0.15) is 0 Å². The molecule has 0 saturated carbocycles. The van der Waals surface area contributed by atoms with E-state index >= 15 is 0 Å². The first-order valence-electron chi connectivity index (χ1n) is 10.6. The topological polar surface area (TPSA) is 84.3 Å². The van der Waals surface area contributed by atoms with E-state index in [0.717, 1.165) is 34.1 Å². The number of aryl methyl sites for hydroxylation is 2. The van der Waals surface area contributed by atoms with Gasteiger partial charge < -0.3 is 5.32 Å². The average molecular weight is 475 g/mol. The van der Waals surface area contributed by atoms with Gasteiger partial charge >= 0.3 is 0 Å². The first-order chi connectivity index (χ1) is 15.2. The highest BCUT2D eigenvalue weighted by molar-refractivity contribution is 7.91. The zero-order chi connectivity index (χ0) is 22.9. The van der Waals surface area contributed by atoms with Gasteiger partial charge in [-0.05, 0) is 54.8 Å². The molecule has 1 aromatic heterocycles. The number of hydrogen-bond acceptors (Lipinski definition) is 5. The van der Waals surface area contributed by atoms with Crippen molar-refractivity contribution in [3.63, 3.8) is 0 Å². The lowest BCUT2D eigenvalue weighted by atomic mass is 10.0. The van der Waals surface area contributed by atoms with E-state index in [1.165, 1.54) is 0 Å². The van der Waals surface area contributed by atoms with Gasteiger partial charge in [-0.15, -0.1) is 0 Å². The van der Waals surface area contributed by atoms with Crippen LogP contribution in [0.2, 0.25) is 5.02 Å². The summed E-state index contributed by atoms with van der Waals surface area (Å²) in [6.07, 6.45) is 0.648. The average Bonchev–Trinajstić information content (AvgIpc) is 3.00. The molecule has 0 aliphatic carbocycles. The number of amides is 1. The summed E-state index contributed by atoms with van der Waals surface area (Å²) in [4.78, 5) is 15.2. The van der Waals surface area contributed by atoms with Gasteiger partial charge in [-0.3, -0.25) is 14.4 Å². The van der Waals surface area contributed by atoms with E-state index in [1.54, 1.807) is 16.8 Å². The Labute approximate surface area is 193 Å². The van der Waals surface area contributed by atoms with Crippen LogP contribution < -0.4 is 5.32 Å². The maximum absolute atomic E-state index is 13.0. The van der Waals surface area contributed by atoms with Crippen molar-refractivity contribution < 1.29 is 13.2 Å². The Kier molecular flexibility index (Phi) is 6.55. The van der Waals surface area contributed by atoms with E-state index in [1.807, 2.05) is 38.2 Å². The molecular formula is C23H27ClN4O3S. The predicted octanol–water partition coefficient (Wildman–Crippen LogP) is 3.09. The number of nitrogens with zero attached hydrogens (tertiary/aromatic N) is 3. The number of rotatable bonds is 5. The number of fused-ring (bicyclic) bond motifs is 1. The fourth-order valence-corrected chi connectivity index (χ4v) is 5.59. The van der Waals surface area contributed by atoms with E-state index in [9.17, 15) is 13.2 Å². The van der Waals surface area contributed by atoms with E-state index in [0.29, 0.717) is 36.8 Å². The molecule has 1 saturated heterocycles. The molecule has 1 N–H and O–H groups in total. The van der Waals surface area contributed by atoms with Gasteiger partial charge in [0.25, 0.3) is 5.91 Å². The van der Waals surface area contributed by atoms with Crippen molar-refractivity contribution in [2.24, 2.45) is 7.05 Å². The Morgan fingerprint density at radius 1 is 1.12 bits per heavy atom. The third-order valence-electron chi connectivity index (χ3n) is 6.01. The van der Waals surface area contributed by atoms with Crippen LogP contribution in [-0.2, 0) is 30.0 Å². The summed E-state index contributed by atoms with van der Waals surface area (Å²) in [5.41, 5.74) is 4.32. The lowest BCUT2D eigenvalue weighted by Gasteiger charge is -2.20. The van der Waals surface area contributed by atoms with Crippen LogP contribution in [0.5, 0.6) is 0 Å². The highest BCUT2D eigenvalue weighted by Crippen LogP contribution is 2.26. The zero-order valence-electron chi connectivity index (χ0n) is 18.3. The van der Waals surface area contributed by atoms with Gasteiger partial charge in [-0.2, -0.15) is 5.10 Å². The molecule has 1 amide bonds. The lowest BCUT2D eigenvalue weighted by molar-refractivity contribution is 0.0946. The number of halogens is 1. The van der Waals surface area contributed by atoms with E-state index in [-0.39, 0.29) is 17.4 Å². The molecule has 0 atom stereocenters. The summed E-state index contributed by atoms with van der Waals surface area (Å²) >= 11 is 5.93. The third-order valence-corrected chi connectivity index (χ3v) is 7.98. The second-order valence-corrected chi connectivity index (χ2v) is 11.0. The Morgan fingerprint density at radius 3 is 2.62 bits per heavy atom. The molecule has 1 aliphatic heterocycles. The van der Waals surface area contributed by atoms with Crippen LogP contribution in [0.4, 0.5) is 0 Å². The molecule has 0 unspecified atom stereocenters. The molecule has 3 aromatic rings. The van der Waals surface area contributed by atoms with Crippen molar-refractivity contribution in [2.75, 3.05) is 24.6 Å². The maximum Gasteiger partial charge on any atom is 0.272 e. The first kappa shape index (κ1) is 22.8. The van der Waals surface area contributed by atoms with E-state index < -0.39 is 9.84 Å². The molecule has 0 bridgehead atoms. The maximum atomic E-state index is 13.0. The molecule has 2 aromatic carbocycles. The van der Waals surface area contributed by atoms with Gasteiger partial charge in [-0.1, -0.05) is 29.8 Å². The summed E-state index contributed by atoms with van der Waals surface area (Å²) < 4.78 is 25.6. The van der Waals surface area contributed by atoms with Crippen LogP contribution in [0.1, 0.15) is 33.6 Å². The monoisotopic (exact) mass is 474 g/mol. The minimum Gasteiger partial charge on any atom is -0.347 e. The van der Waals surface area contributed by atoms with Crippen molar-refractivity contribution in [2.45, 2.75) is 26.4 Å². The van der Waals surface area contributed by atoms with Gasteiger partial charge in [0.2, 0.25) is 0 Å². The molecule has 4 rings (SSSR count). The molecule has 1 fully saturated rings. The highest BCUT2D eigenvalue weighted by Gasteiger charge is 2.22. The normalized spacial score (nSPS) is 16.7. The largest absolute Gasteiger partial charge is 0.347 e. The SMILES string of the molecule is Cc1c(CN2CCCS(=O)(=O)CC2)ccc2c1c(C(=O)NCc1ccc(Cl)cc1)nn2C. The quantitative estimate of drug-likeness (QED) is 0.614. The summed E-state index contributed by atoms with van der Waals surface area (Å²) in [6.45, 7) is 4.32. The smallest absolute Gasteiger partial charge is 0.272 e. The Hall–Kier alpha value is -2.42. The third kappa shape index (κ3) is 4.98. The fraction of sp³-hybridized carbons (Fsp3) is 0.391. The molecule has 170 valence electrons. The molecule has 2 heterocycles. The molecule has 0 radical (unpaired) electrons. The van der Waals surface area contributed by atoms with Crippen LogP contribution in [-0.4, -0.2) is 53.6 Å². The van der Waals surface area contributed by atoms with Crippen molar-refractivity contribution in [1.82, 2.24) is 20.0 Å². The predicted molar refractivity (Wildman–Crippen MR) is 127 cm³/mol. The number of aromatic nitrogens is 2. The molecule has 0 spiro atoms. The van der Waals surface area contributed by atoms with Crippen LogP contribution in [0, 0.1) is 6.92 Å². The standard InChI is InChI=1S/C23H27ClN4O3S/c1-16-18(15-28-10-3-12-32(30,31)13-11-28)6-9-20-21(16)22(26-27(20)2)23(29)25-14-17-4-7-19(24)8-5-17/h4-9H,3,10-15H2,1-2H3,(H,25,29). The molecule has 1 aliphatic rings. The van der Waals surface area contributed by atoms with Crippen LogP contribution in [0.3, 0.4) is 0 Å². The number of sulfone groups is 1. The summed E-state index contributed by atoms with van der Waals surface area (Å²) in [5, 5.41) is 8.93. The number of carbonyl (C=O) groups is 1. The lowest BCUT2D eigenvalue weighted by Crippen LogP contribution is -2.27. The minimum atomic E-state index is -2.95. The van der Waals surface area contributed by atoms with E-state index in [2.05, 4.69) is 15.3 Å². The number of benzene rings is 2. The second-order valence-electron chi connectivity index (χ2n) is 8.31. The van der Waals surface area contributed by atoms with Crippen molar-refractivity contribution in [1.29, 1.82) is 0 Å². The van der Waals surface area contributed by atoms with Crippen molar-refractivity contribution in [3.05, 3.63) is 63.8 Å². The summed E-state index contributed by atoms with van der Waals surface area (Å²) in [5.74, 6) is 0.216. The molecule has 7 nitrogen and oxygen atoms in total. The summed E-state index contributed by atoms with van der Waals surface area (Å²) in [6, 6.07) is 11.4. The molecule has 9 heteroatoms. The zero-order valence-corrected chi connectivity index (χ0v) is 19.8. The second kappa shape index (κ2) is 9.21. The van der Waals surface area contributed by atoms with Crippen molar-refractivity contribution in [3.8, 4) is 0 Å². The van der Waals surface area contributed by atoms with E-state index in [4.69, 9.17) is 11.6 Å². The van der Waals surface area contributed by atoms with Gasteiger partial charge in [-0.25, -0.2) is 8.42 Å². The van der Waals surface area contributed by atoms with Crippen molar-refractivity contribution >= 4 is 38.2 Å². The van der Waals surface area contributed by atoms with Gasteiger partial charge in [0.05, 0.1) is 17.0 Å². The molecular weight excluding hydrogens is 448 g/mol. The Balaban J connectivity index is 1.57. The van der Waals surface area contributed by atoms with Crippen LogP contribution >= 0.6 is 11.6 Å². The number of carbonyl (C=O) groups excluding carboxylic acids is 1. The highest BCUT2D eigenvalue weighted by atomic mass is 35.5. The van der Waals surface area contributed by atoms with Gasteiger partial charge in [0.15, 0.2) is 15.5 Å². The first-order valence-corrected chi connectivity index (χ1v) is 12.8. The van der Waals surface area contributed by atoms with Crippen LogP contribution in [0.15, 0.2) is 36.4 Å². The Bertz CT molecular complexity index is 1250. The molecule has 32 heavy (non-hydrogen) atoms. The summed E-state index contributed by atoms with van der Waals surface area (Å²) in [7, 11) is -1.12. The van der Waals surface area contributed by atoms with Gasteiger partial charge in [0, 0.05) is 37.1 Å². The Morgan fingerprint density at radius 2 is 1.88 bits per heavy atom. The minimum absolute atomic E-state index is 0.194. The van der Waals surface area contributed by atoms with Crippen LogP contribution in [0.25, 0.3) is 10.9 Å². The number of hydrogen-bond donors (Lipinski definition) is 1. The fourth-order valence-electron chi connectivity index (χ4n) is 4.15. The number of nitrogens with one attached hydrogen (secondary N) is 1.